The molecule has 0 fully saturated rings. The SMILES string of the molecule is O=S(=O)(NCCCl)c1ccc(Br)cc1. The molecule has 6 heteroatoms. The fourth-order valence-electron chi connectivity index (χ4n) is 0.870. The van der Waals surface area contributed by atoms with Gasteiger partial charge in [-0.3, -0.25) is 0 Å². The number of hydrogen-bond acceptors (Lipinski definition) is 2. The van der Waals surface area contributed by atoms with Gasteiger partial charge in [0.15, 0.2) is 0 Å². The summed E-state index contributed by atoms with van der Waals surface area (Å²) in [6.45, 7) is 0.236. The number of sulfonamides is 1. The van der Waals surface area contributed by atoms with E-state index in [1.54, 1.807) is 12.1 Å². The van der Waals surface area contributed by atoms with Crippen molar-refractivity contribution in [3.05, 3.63) is 28.7 Å². The Hall–Kier alpha value is -0.100. The largest absolute Gasteiger partial charge is 0.240 e. The van der Waals surface area contributed by atoms with Crippen LogP contribution in [0.1, 0.15) is 0 Å². The Balaban J connectivity index is 2.87. The zero-order valence-corrected chi connectivity index (χ0v) is 10.4. The highest BCUT2D eigenvalue weighted by molar-refractivity contribution is 9.10. The molecule has 1 rings (SSSR count). The van der Waals surface area contributed by atoms with Crippen molar-refractivity contribution in [3.63, 3.8) is 0 Å². The van der Waals surface area contributed by atoms with E-state index in [9.17, 15) is 8.42 Å². The summed E-state index contributed by atoms with van der Waals surface area (Å²) in [5.74, 6) is 0.260. The number of rotatable bonds is 4. The van der Waals surface area contributed by atoms with Gasteiger partial charge in [-0.05, 0) is 24.3 Å². The monoisotopic (exact) mass is 297 g/mol. The van der Waals surface area contributed by atoms with Crippen LogP contribution in [0.5, 0.6) is 0 Å². The molecule has 1 N–H and O–H groups in total. The van der Waals surface area contributed by atoms with Crippen LogP contribution in [0, 0.1) is 0 Å². The Kier molecular flexibility index (Phi) is 4.37. The van der Waals surface area contributed by atoms with E-state index < -0.39 is 10.0 Å². The molecule has 1 aromatic carbocycles. The van der Waals surface area contributed by atoms with Crippen molar-refractivity contribution >= 4 is 37.6 Å². The zero-order valence-electron chi connectivity index (χ0n) is 7.20. The Morgan fingerprint density at radius 1 is 1.29 bits per heavy atom. The minimum absolute atomic E-state index is 0.236. The van der Waals surface area contributed by atoms with Crippen molar-refractivity contribution in [3.8, 4) is 0 Å². The van der Waals surface area contributed by atoms with Crippen molar-refractivity contribution < 1.29 is 8.42 Å². The van der Waals surface area contributed by atoms with Crippen LogP contribution < -0.4 is 4.72 Å². The van der Waals surface area contributed by atoms with Crippen LogP contribution in [-0.2, 0) is 10.0 Å². The van der Waals surface area contributed by atoms with Gasteiger partial charge < -0.3 is 0 Å². The Bertz CT molecular complexity index is 390. The maximum atomic E-state index is 11.5. The molecule has 0 bridgehead atoms. The molecule has 0 aliphatic heterocycles. The molecule has 1 aromatic rings. The van der Waals surface area contributed by atoms with Crippen molar-refractivity contribution in [2.45, 2.75) is 4.90 Å². The van der Waals surface area contributed by atoms with E-state index in [-0.39, 0.29) is 17.3 Å². The van der Waals surface area contributed by atoms with Crippen LogP contribution in [0.3, 0.4) is 0 Å². The molecule has 78 valence electrons. The van der Waals surface area contributed by atoms with Crippen LogP contribution in [0.15, 0.2) is 33.6 Å². The summed E-state index contributed by atoms with van der Waals surface area (Å²) in [7, 11) is -3.39. The van der Waals surface area contributed by atoms with Crippen LogP contribution in [0.2, 0.25) is 0 Å². The molecular formula is C8H9BrClNO2S. The second kappa shape index (κ2) is 5.11. The average Bonchev–Trinajstić information content (AvgIpc) is 2.16. The second-order valence-electron chi connectivity index (χ2n) is 2.54. The number of halogens is 2. The lowest BCUT2D eigenvalue weighted by molar-refractivity contribution is 0.584. The standard InChI is InChI=1S/C8H9BrClNO2S/c9-7-1-3-8(4-2-7)14(12,13)11-6-5-10/h1-4,11H,5-6H2. The maximum Gasteiger partial charge on any atom is 0.240 e. The molecule has 14 heavy (non-hydrogen) atoms. The third kappa shape index (κ3) is 3.24. The van der Waals surface area contributed by atoms with Crippen LogP contribution >= 0.6 is 27.5 Å². The topological polar surface area (TPSA) is 46.2 Å². The lowest BCUT2D eigenvalue weighted by atomic mass is 10.4. The predicted molar refractivity (Wildman–Crippen MR) is 60.1 cm³/mol. The average molecular weight is 299 g/mol. The second-order valence-corrected chi connectivity index (χ2v) is 5.60. The molecule has 0 unspecified atom stereocenters. The summed E-state index contributed by atoms with van der Waals surface area (Å²) in [6.07, 6.45) is 0. The van der Waals surface area contributed by atoms with Crippen molar-refractivity contribution in [2.24, 2.45) is 0 Å². The Morgan fingerprint density at radius 2 is 1.86 bits per heavy atom. The minimum atomic E-state index is -3.39. The molecular weight excluding hydrogens is 290 g/mol. The van der Waals surface area contributed by atoms with Gasteiger partial charge in [-0.1, -0.05) is 15.9 Å². The Morgan fingerprint density at radius 3 is 2.36 bits per heavy atom. The van der Waals surface area contributed by atoms with Crippen LogP contribution in [0.4, 0.5) is 0 Å². The summed E-state index contributed by atoms with van der Waals surface area (Å²) in [6, 6.07) is 6.41. The molecule has 0 saturated heterocycles. The number of alkyl halides is 1. The highest BCUT2D eigenvalue weighted by Gasteiger charge is 2.11. The summed E-state index contributed by atoms with van der Waals surface area (Å²) in [5, 5.41) is 0. The van der Waals surface area contributed by atoms with Gasteiger partial charge in [0.1, 0.15) is 0 Å². The van der Waals surface area contributed by atoms with Gasteiger partial charge >= 0.3 is 0 Å². The van der Waals surface area contributed by atoms with Gasteiger partial charge in [0, 0.05) is 16.9 Å². The normalized spacial score (nSPS) is 11.6. The van der Waals surface area contributed by atoms with E-state index in [0.717, 1.165) is 4.47 Å². The summed E-state index contributed by atoms with van der Waals surface area (Å²) >= 11 is 8.61. The van der Waals surface area contributed by atoms with Crippen molar-refractivity contribution in [1.82, 2.24) is 4.72 Å². The molecule has 0 saturated carbocycles. The molecule has 0 spiro atoms. The predicted octanol–water partition coefficient (Wildman–Crippen LogP) is 1.97. The van der Waals surface area contributed by atoms with Gasteiger partial charge in [0.05, 0.1) is 4.90 Å². The third-order valence-electron chi connectivity index (χ3n) is 1.51. The smallest absolute Gasteiger partial charge is 0.210 e. The van der Waals surface area contributed by atoms with Crippen molar-refractivity contribution in [2.75, 3.05) is 12.4 Å². The highest BCUT2D eigenvalue weighted by atomic mass is 79.9. The first-order valence-corrected chi connectivity index (χ1v) is 6.68. The fourth-order valence-corrected chi connectivity index (χ4v) is 2.37. The molecule has 0 heterocycles. The molecule has 0 aliphatic carbocycles. The summed E-state index contributed by atoms with van der Waals surface area (Å²) < 4.78 is 26.2. The summed E-state index contributed by atoms with van der Waals surface area (Å²) in [4.78, 5) is 0.241. The van der Waals surface area contributed by atoms with E-state index in [1.807, 2.05) is 0 Å². The van der Waals surface area contributed by atoms with Gasteiger partial charge in [-0.2, -0.15) is 0 Å². The van der Waals surface area contributed by atoms with Gasteiger partial charge in [-0.25, -0.2) is 13.1 Å². The quantitative estimate of drug-likeness (QED) is 0.864. The highest BCUT2D eigenvalue weighted by Crippen LogP contribution is 2.14. The first-order valence-electron chi connectivity index (χ1n) is 3.87. The lowest BCUT2D eigenvalue weighted by Crippen LogP contribution is -2.25. The molecule has 0 amide bonds. The number of nitrogens with one attached hydrogen (secondary N) is 1. The van der Waals surface area contributed by atoms with Crippen LogP contribution in [-0.4, -0.2) is 20.8 Å². The molecule has 0 aromatic heterocycles. The number of hydrogen-bond donors (Lipinski definition) is 1. The van der Waals surface area contributed by atoms with E-state index in [1.165, 1.54) is 12.1 Å². The summed E-state index contributed by atoms with van der Waals surface area (Å²) in [5.41, 5.74) is 0. The van der Waals surface area contributed by atoms with E-state index >= 15 is 0 Å². The Labute approximate surface area is 96.6 Å². The molecule has 0 aliphatic rings. The zero-order chi connectivity index (χ0) is 10.6. The van der Waals surface area contributed by atoms with Crippen molar-refractivity contribution in [1.29, 1.82) is 0 Å². The van der Waals surface area contributed by atoms with E-state index in [0.29, 0.717) is 0 Å². The molecule has 3 nitrogen and oxygen atoms in total. The fraction of sp³-hybridized carbons (Fsp3) is 0.250. The third-order valence-corrected chi connectivity index (χ3v) is 3.71. The van der Waals surface area contributed by atoms with Gasteiger partial charge in [0.2, 0.25) is 10.0 Å². The van der Waals surface area contributed by atoms with Gasteiger partial charge in [0.25, 0.3) is 0 Å². The maximum absolute atomic E-state index is 11.5. The van der Waals surface area contributed by atoms with E-state index in [4.69, 9.17) is 11.6 Å². The lowest BCUT2D eigenvalue weighted by Gasteiger charge is -2.04. The van der Waals surface area contributed by atoms with Crippen LogP contribution in [0.25, 0.3) is 0 Å². The molecule has 0 radical (unpaired) electrons. The molecule has 0 atom stereocenters. The number of benzene rings is 1. The minimum Gasteiger partial charge on any atom is -0.210 e. The first kappa shape index (κ1) is 12.0. The van der Waals surface area contributed by atoms with E-state index in [2.05, 4.69) is 20.7 Å². The first-order chi connectivity index (χ1) is 6.56. The van der Waals surface area contributed by atoms with Gasteiger partial charge in [-0.15, -0.1) is 11.6 Å².